The second kappa shape index (κ2) is 8.36. The quantitative estimate of drug-likeness (QED) is 0.339. The van der Waals surface area contributed by atoms with Crippen LogP contribution in [0.5, 0.6) is 5.75 Å². The van der Waals surface area contributed by atoms with Gasteiger partial charge in [-0.1, -0.05) is 54.6 Å². The number of aromatic nitrogens is 1. The van der Waals surface area contributed by atoms with Crippen LogP contribution in [0.2, 0.25) is 0 Å². The fourth-order valence-corrected chi connectivity index (χ4v) is 3.99. The van der Waals surface area contributed by atoms with Crippen molar-refractivity contribution >= 4 is 33.7 Å². The third-order valence-electron chi connectivity index (χ3n) is 4.40. The first-order valence-corrected chi connectivity index (χ1v) is 9.97. The number of alkyl halides is 1. The average Bonchev–Trinajstić information content (AvgIpc) is 3.15. The number of hydrogen-bond acceptors (Lipinski definition) is 3. The minimum Gasteiger partial charge on any atom is -0.491 e. The van der Waals surface area contributed by atoms with E-state index in [9.17, 15) is 4.39 Å². The second-order valence-corrected chi connectivity index (χ2v) is 7.58. The summed E-state index contributed by atoms with van der Waals surface area (Å²) in [6.07, 6.45) is 4.12. The van der Waals surface area contributed by atoms with Gasteiger partial charge in [0.15, 0.2) is 0 Å². The molecule has 0 bridgehead atoms. The van der Waals surface area contributed by atoms with Crippen LogP contribution in [0.4, 0.5) is 4.39 Å². The second-order valence-electron chi connectivity index (χ2n) is 6.55. The van der Waals surface area contributed by atoms with E-state index < -0.39 is 6.67 Å². The molecule has 2 nitrogen and oxygen atoms in total. The van der Waals surface area contributed by atoms with E-state index >= 15 is 0 Å². The van der Waals surface area contributed by atoms with E-state index in [2.05, 4.69) is 61.5 Å². The van der Waals surface area contributed by atoms with Gasteiger partial charge in [-0.3, -0.25) is 0 Å². The highest BCUT2D eigenvalue weighted by atomic mass is 32.1. The molecular formula is C24H20FNOS. The Balaban J connectivity index is 1.47. The molecule has 140 valence electrons. The molecule has 0 fully saturated rings. The van der Waals surface area contributed by atoms with Crippen LogP contribution in [0.1, 0.15) is 16.7 Å². The Morgan fingerprint density at radius 1 is 0.929 bits per heavy atom. The van der Waals surface area contributed by atoms with Gasteiger partial charge in [0.2, 0.25) is 0 Å². The van der Waals surface area contributed by atoms with Crippen molar-refractivity contribution < 1.29 is 9.13 Å². The van der Waals surface area contributed by atoms with E-state index in [1.54, 1.807) is 11.3 Å². The number of rotatable bonds is 6. The van der Waals surface area contributed by atoms with Crippen LogP contribution >= 0.6 is 11.3 Å². The molecule has 28 heavy (non-hydrogen) atoms. The lowest BCUT2D eigenvalue weighted by Gasteiger charge is -2.03. The molecule has 4 heteroatoms. The Morgan fingerprint density at radius 3 is 2.29 bits per heavy atom. The fourth-order valence-electron chi connectivity index (χ4n) is 2.92. The molecule has 0 saturated carbocycles. The molecule has 1 aromatic heterocycles. The lowest BCUT2D eigenvalue weighted by atomic mass is 10.1. The summed E-state index contributed by atoms with van der Waals surface area (Å²) in [7, 11) is 0. The number of aryl methyl sites for hydroxylation is 1. The van der Waals surface area contributed by atoms with Crippen molar-refractivity contribution in [2.24, 2.45) is 0 Å². The topological polar surface area (TPSA) is 22.1 Å². The molecule has 0 radical (unpaired) electrons. The van der Waals surface area contributed by atoms with Crippen molar-refractivity contribution in [2.45, 2.75) is 6.92 Å². The van der Waals surface area contributed by atoms with Crippen molar-refractivity contribution in [3.63, 3.8) is 0 Å². The highest BCUT2D eigenvalue weighted by molar-refractivity contribution is 7.21. The van der Waals surface area contributed by atoms with Crippen molar-refractivity contribution in [1.29, 1.82) is 0 Å². The first kappa shape index (κ1) is 18.4. The molecular weight excluding hydrogens is 368 g/mol. The van der Waals surface area contributed by atoms with Crippen LogP contribution in [0.3, 0.4) is 0 Å². The Morgan fingerprint density at radius 2 is 1.61 bits per heavy atom. The standard InChI is InChI=1S/C24H20FNOS/c1-17-2-13-22-23(16-17)28-24(26-22)20-9-5-18(6-10-20)3-4-19-7-11-21(12-8-19)27-15-14-25/h2-13,16H,14-15H2,1H3/b4-3+/i25-1. The molecule has 0 saturated heterocycles. The van der Waals surface area contributed by atoms with Gasteiger partial charge in [0.05, 0.1) is 10.2 Å². The van der Waals surface area contributed by atoms with Gasteiger partial charge in [0.25, 0.3) is 0 Å². The number of nitrogens with zero attached hydrogens (tertiary/aromatic N) is 1. The Bertz CT molecular complexity index is 1100. The van der Waals surface area contributed by atoms with Crippen molar-refractivity contribution in [3.8, 4) is 16.3 Å². The number of halogens is 1. The predicted octanol–water partition coefficient (Wildman–Crippen LogP) is 6.79. The summed E-state index contributed by atoms with van der Waals surface area (Å²) in [6.45, 7) is 1.72. The number of hydrogen-bond donors (Lipinski definition) is 0. The Labute approximate surface area is 168 Å². The van der Waals surface area contributed by atoms with Crippen LogP contribution in [-0.4, -0.2) is 18.3 Å². The van der Waals surface area contributed by atoms with Gasteiger partial charge in [0, 0.05) is 5.56 Å². The minimum atomic E-state index is -0.478. The number of thiazole rings is 1. The first-order chi connectivity index (χ1) is 13.7. The molecule has 3 aromatic carbocycles. The van der Waals surface area contributed by atoms with Crippen molar-refractivity contribution in [3.05, 3.63) is 83.4 Å². The zero-order chi connectivity index (χ0) is 19.3. The van der Waals surface area contributed by atoms with Crippen LogP contribution in [-0.2, 0) is 0 Å². The van der Waals surface area contributed by atoms with Gasteiger partial charge in [-0.2, -0.15) is 0 Å². The third kappa shape index (κ3) is 4.29. The smallest absolute Gasteiger partial charge is 0.124 e. The summed E-state index contributed by atoms with van der Waals surface area (Å²) in [5.41, 5.74) is 5.63. The molecule has 0 atom stereocenters. The molecule has 0 spiro atoms. The van der Waals surface area contributed by atoms with Crippen LogP contribution in [0.25, 0.3) is 32.9 Å². The largest absolute Gasteiger partial charge is 0.491 e. The van der Waals surface area contributed by atoms with E-state index in [0.29, 0.717) is 5.75 Å². The van der Waals surface area contributed by atoms with E-state index in [1.165, 1.54) is 10.3 Å². The van der Waals surface area contributed by atoms with Crippen LogP contribution in [0.15, 0.2) is 66.7 Å². The molecule has 0 amide bonds. The molecule has 1 heterocycles. The molecule has 4 aromatic rings. The monoisotopic (exact) mass is 388 g/mol. The van der Waals surface area contributed by atoms with Gasteiger partial charge < -0.3 is 4.74 Å². The summed E-state index contributed by atoms with van der Waals surface area (Å²) in [6, 6.07) is 22.4. The zero-order valence-electron chi connectivity index (χ0n) is 15.6. The van der Waals surface area contributed by atoms with Crippen molar-refractivity contribution in [2.75, 3.05) is 13.3 Å². The average molecular weight is 388 g/mol. The Kier molecular flexibility index (Phi) is 5.49. The van der Waals surface area contributed by atoms with Crippen LogP contribution in [0, 0.1) is 6.92 Å². The van der Waals surface area contributed by atoms with Crippen LogP contribution < -0.4 is 4.74 Å². The molecule has 0 N–H and O–H groups in total. The van der Waals surface area contributed by atoms with E-state index in [1.807, 2.05) is 24.3 Å². The molecule has 0 aliphatic heterocycles. The van der Waals surface area contributed by atoms with Gasteiger partial charge >= 0.3 is 0 Å². The maximum atomic E-state index is 12.1. The van der Waals surface area contributed by atoms with Gasteiger partial charge in [0.1, 0.15) is 24.0 Å². The van der Waals surface area contributed by atoms with Gasteiger partial charge in [-0.05, 0) is 47.9 Å². The highest BCUT2D eigenvalue weighted by Gasteiger charge is 2.06. The molecule has 4 rings (SSSR count). The summed E-state index contributed by atoms with van der Waals surface area (Å²) < 4.78 is 18.6. The lowest BCUT2D eigenvalue weighted by Crippen LogP contribution is -1.98. The van der Waals surface area contributed by atoms with Gasteiger partial charge in [-0.25, -0.2) is 9.37 Å². The normalized spacial score (nSPS) is 11.4. The summed E-state index contributed by atoms with van der Waals surface area (Å²) in [5.74, 6) is 0.685. The zero-order valence-corrected chi connectivity index (χ0v) is 16.4. The SMILES string of the molecule is Cc1ccc2nc(-c3ccc(/C=C/c4ccc(OCC[18F])cc4)cc3)sc2c1. The summed E-state index contributed by atoms with van der Waals surface area (Å²) >= 11 is 1.72. The minimum absolute atomic E-state index is 0.0931. The van der Waals surface area contributed by atoms with Crippen molar-refractivity contribution in [1.82, 2.24) is 4.98 Å². The first-order valence-electron chi connectivity index (χ1n) is 9.16. The molecule has 0 aliphatic rings. The highest BCUT2D eigenvalue weighted by Crippen LogP contribution is 2.31. The third-order valence-corrected chi connectivity index (χ3v) is 5.46. The van der Waals surface area contributed by atoms with E-state index in [4.69, 9.17) is 9.72 Å². The summed E-state index contributed by atoms with van der Waals surface area (Å²) in [5, 5.41) is 1.04. The Hall–Kier alpha value is -2.98. The maximum Gasteiger partial charge on any atom is 0.124 e. The molecule has 0 unspecified atom stereocenters. The predicted molar refractivity (Wildman–Crippen MR) is 117 cm³/mol. The van der Waals surface area contributed by atoms with Gasteiger partial charge in [-0.15, -0.1) is 11.3 Å². The maximum absolute atomic E-state index is 12.1. The van der Waals surface area contributed by atoms with E-state index in [0.717, 1.165) is 27.2 Å². The molecule has 0 aliphatic carbocycles. The number of fused-ring (bicyclic) bond motifs is 1. The summed E-state index contributed by atoms with van der Waals surface area (Å²) in [4.78, 5) is 4.74. The van der Waals surface area contributed by atoms with E-state index in [-0.39, 0.29) is 6.61 Å². The number of benzene rings is 3. The lowest BCUT2D eigenvalue weighted by molar-refractivity contribution is 0.273. The number of ether oxygens (including phenoxy) is 1. The fraction of sp³-hybridized carbons (Fsp3) is 0.125.